The predicted molar refractivity (Wildman–Crippen MR) is 83.9 cm³/mol. The van der Waals surface area contributed by atoms with Crippen LogP contribution in [0.25, 0.3) is 0 Å². The van der Waals surface area contributed by atoms with Crippen LogP contribution in [0.4, 0.5) is 0 Å². The Bertz CT molecular complexity index is 419. The lowest BCUT2D eigenvalue weighted by atomic mass is 10.2. The molecule has 0 radical (unpaired) electrons. The van der Waals surface area contributed by atoms with E-state index >= 15 is 0 Å². The highest BCUT2D eigenvalue weighted by Gasteiger charge is 2.04. The molecule has 2 rings (SSSR count). The average molecular weight is 283 g/mol. The number of hydrogen-bond acceptors (Lipinski definition) is 1. The smallest absolute Gasteiger partial charge is 0.0229 e. The van der Waals surface area contributed by atoms with E-state index in [0.717, 1.165) is 5.75 Å². The van der Waals surface area contributed by atoms with E-state index in [0.29, 0.717) is 0 Å². The number of halogens is 1. The minimum atomic E-state index is -0.0827. The van der Waals surface area contributed by atoms with Crippen LogP contribution in [0.2, 0.25) is 0 Å². The van der Waals surface area contributed by atoms with Crippen LogP contribution in [-0.4, -0.2) is 6.66 Å². The summed E-state index contributed by atoms with van der Waals surface area (Å²) < 4.78 is 0. The van der Waals surface area contributed by atoms with Crippen molar-refractivity contribution in [2.75, 3.05) is 6.66 Å². The molecule has 0 N–H and O–H groups in total. The van der Waals surface area contributed by atoms with E-state index in [9.17, 15) is 0 Å². The van der Waals surface area contributed by atoms with Crippen molar-refractivity contribution in [2.45, 2.75) is 5.75 Å². The third-order valence-corrected chi connectivity index (χ3v) is 6.44. The second-order valence-corrected chi connectivity index (χ2v) is 8.07. The van der Waals surface area contributed by atoms with Crippen LogP contribution in [0.1, 0.15) is 5.56 Å². The number of benzene rings is 2. The molecule has 0 bridgehead atoms. The number of rotatable bonds is 4. The van der Waals surface area contributed by atoms with Crippen LogP contribution in [0.15, 0.2) is 60.7 Å². The summed E-state index contributed by atoms with van der Waals surface area (Å²) in [5.41, 5.74) is 1.41. The highest BCUT2D eigenvalue weighted by molar-refractivity contribution is 8.57. The van der Waals surface area contributed by atoms with Crippen molar-refractivity contribution in [3.63, 3.8) is 0 Å². The zero-order valence-corrected chi connectivity index (χ0v) is 12.3. The van der Waals surface area contributed by atoms with Crippen LogP contribution in [0, 0.1) is 0 Å². The van der Waals surface area contributed by atoms with Crippen LogP contribution < -0.4 is 5.30 Å². The fraction of sp³-hybridized carbons (Fsp3) is 0.143. The summed E-state index contributed by atoms with van der Waals surface area (Å²) in [6, 6.07) is 21.4. The molecule has 0 spiro atoms. The first kappa shape index (κ1) is 14.6. The van der Waals surface area contributed by atoms with Crippen LogP contribution >= 0.6 is 30.9 Å². The monoisotopic (exact) mass is 282 g/mol. The van der Waals surface area contributed by atoms with Gasteiger partial charge in [0.2, 0.25) is 0 Å². The highest BCUT2D eigenvalue weighted by Crippen LogP contribution is 2.46. The summed E-state index contributed by atoms with van der Waals surface area (Å²) in [5, 5.41) is 1.47. The van der Waals surface area contributed by atoms with Gasteiger partial charge in [-0.25, -0.2) is 0 Å². The van der Waals surface area contributed by atoms with Crippen molar-refractivity contribution in [1.82, 2.24) is 0 Å². The molecule has 0 aliphatic heterocycles. The molecule has 0 nitrogen and oxygen atoms in total. The van der Waals surface area contributed by atoms with Gasteiger partial charge < -0.3 is 0 Å². The van der Waals surface area contributed by atoms with E-state index in [-0.39, 0.29) is 19.5 Å². The second-order valence-electron chi connectivity index (χ2n) is 3.59. The summed E-state index contributed by atoms with van der Waals surface area (Å²) in [6.45, 7) is 2.33. The molecular weight excluding hydrogens is 267 g/mol. The lowest BCUT2D eigenvalue weighted by molar-refractivity contribution is 1.43. The average Bonchev–Trinajstić information content (AvgIpc) is 2.38. The van der Waals surface area contributed by atoms with Gasteiger partial charge in [0.05, 0.1) is 0 Å². The summed E-state index contributed by atoms with van der Waals surface area (Å²) >= 11 is 2.05. The molecule has 0 aliphatic carbocycles. The van der Waals surface area contributed by atoms with Crippen molar-refractivity contribution in [2.24, 2.45) is 0 Å². The van der Waals surface area contributed by atoms with Crippen molar-refractivity contribution in [1.29, 1.82) is 0 Å². The topological polar surface area (TPSA) is 0 Å². The van der Waals surface area contributed by atoms with Gasteiger partial charge in [-0.05, 0) is 24.7 Å². The minimum absolute atomic E-state index is 0. The summed E-state index contributed by atoms with van der Waals surface area (Å²) in [5.74, 6) is 1.11. The maximum absolute atomic E-state index is 2.33. The van der Waals surface area contributed by atoms with Gasteiger partial charge in [0.1, 0.15) is 0 Å². The van der Waals surface area contributed by atoms with Gasteiger partial charge in [-0.1, -0.05) is 60.7 Å². The molecule has 17 heavy (non-hydrogen) atoms. The van der Waals surface area contributed by atoms with E-state index in [2.05, 4.69) is 67.3 Å². The third kappa shape index (κ3) is 4.71. The van der Waals surface area contributed by atoms with Gasteiger partial charge in [-0.15, -0.1) is 23.8 Å². The molecular formula is C14H16ClPS. The minimum Gasteiger partial charge on any atom is -0.147 e. The molecule has 1 atom stereocenters. The van der Waals surface area contributed by atoms with Gasteiger partial charge in [0.25, 0.3) is 0 Å². The molecule has 0 aromatic heterocycles. The maximum Gasteiger partial charge on any atom is 0.0229 e. The SMILES string of the molecule is CP(SCc1ccccc1)c1ccccc1.Cl. The standard InChI is InChI=1S/C14H15PS.ClH/c1-15(14-10-6-3-7-11-14)16-12-13-8-4-2-5-9-13;/h2-11H,12H2,1H3;1H. The van der Waals surface area contributed by atoms with Crippen molar-refractivity contribution in [3.8, 4) is 0 Å². The molecule has 0 saturated carbocycles. The Morgan fingerprint density at radius 1 is 0.882 bits per heavy atom. The third-order valence-electron chi connectivity index (χ3n) is 2.39. The zero-order chi connectivity index (χ0) is 11.2. The first-order chi connectivity index (χ1) is 7.86. The Labute approximate surface area is 115 Å². The largest absolute Gasteiger partial charge is 0.147 e. The van der Waals surface area contributed by atoms with Gasteiger partial charge in [-0.2, -0.15) is 0 Å². The molecule has 90 valence electrons. The van der Waals surface area contributed by atoms with Crippen LogP contribution in [0.5, 0.6) is 0 Å². The highest BCUT2D eigenvalue weighted by atomic mass is 35.5. The van der Waals surface area contributed by atoms with Gasteiger partial charge in [0.15, 0.2) is 0 Å². The first-order valence-corrected chi connectivity index (χ1v) is 8.70. The predicted octanol–water partition coefficient (Wildman–Crippen LogP) is 4.69. The van der Waals surface area contributed by atoms with Gasteiger partial charge in [-0.3, -0.25) is 0 Å². The maximum atomic E-state index is 2.33. The second kappa shape index (κ2) is 7.76. The molecule has 2 aromatic carbocycles. The Balaban J connectivity index is 0.00000144. The first-order valence-electron chi connectivity index (χ1n) is 5.32. The molecule has 0 heterocycles. The van der Waals surface area contributed by atoms with Crippen molar-refractivity contribution < 1.29 is 0 Å². The molecule has 1 unspecified atom stereocenters. The number of hydrogen-bond donors (Lipinski definition) is 0. The normalized spacial score (nSPS) is 11.6. The van der Waals surface area contributed by atoms with E-state index < -0.39 is 0 Å². The quantitative estimate of drug-likeness (QED) is 0.733. The van der Waals surface area contributed by atoms with Crippen LogP contribution in [0.3, 0.4) is 0 Å². The lowest BCUT2D eigenvalue weighted by Crippen LogP contribution is -1.95. The summed E-state index contributed by atoms with van der Waals surface area (Å²) in [7, 11) is -0.0827. The van der Waals surface area contributed by atoms with E-state index in [1.165, 1.54) is 10.9 Å². The lowest BCUT2D eigenvalue weighted by Gasteiger charge is -2.11. The van der Waals surface area contributed by atoms with Gasteiger partial charge in [0, 0.05) is 5.75 Å². The Morgan fingerprint density at radius 3 is 2.00 bits per heavy atom. The molecule has 0 amide bonds. The summed E-state index contributed by atoms with van der Waals surface area (Å²) in [4.78, 5) is 0. The van der Waals surface area contributed by atoms with Crippen LogP contribution in [-0.2, 0) is 5.75 Å². The fourth-order valence-electron chi connectivity index (χ4n) is 1.46. The van der Waals surface area contributed by atoms with E-state index in [1.54, 1.807) is 0 Å². The molecule has 3 heteroatoms. The Morgan fingerprint density at radius 2 is 1.41 bits per heavy atom. The molecule has 0 fully saturated rings. The van der Waals surface area contributed by atoms with E-state index in [1.807, 2.05) is 11.4 Å². The zero-order valence-electron chi connectivity index (χ0n) is 9.74. The molecule has 0 aliphatic rings. The Kier molecular flexibility index (Phi) is 6.65. The fourth-order valence-corrected chi connectivity index (χ4v) is 4.57. The van der Waals surface area contributed by atoms with Crippen molar-refractivity contribution in [3.05, 3.63) is 66.2 Å². The van der Waals surface area contributed by atoms with Crippen molar-refractivity contribution >= 4 is 36.2 Å². The molecule has 2 aromatic rings. The Hall–Kier alpha value is -0.490. The van der Waals surface area contributed by atoms with Gasteiger partial charge >= 0.3 is 0 Å². The summed E-state index contributed by atoms with van der Waals surface area (Å²) in [6.07, 6.45) is 0. The molecule has 0 saturated heterocycles. The van der Waals surface area contributed by atoms with E-state index in [4.69, 9.17) is 0 Å².